The second-order valence-electron chi connectivity index (χ2n) is 7.01. The number of fused-ring (bicyclic) bond motifs is 1. The van der Waals surface area contributed by atoms with E-state index in [4.69, 9.17) is 4.74 Å². The summed E-state index contributed by atoms with van der Waals surface area (Å²) in [7, 11) is 0. The van der Waals surface area contributed by atoms with Crippen LogP contribution in [0.5, 0.6) is 0 Å². The van der Waals surface area contributed by atoms with Gasteiger partial charge in [-0.1, -0.05) is 18.2 Å². The van der Waals surface area contributed by atoms with Crippen LogP contribution in [0.3, 0.4) is 0 Å². The van der Waals surface area contributed by atoms with Crippen molar-refractivity contribution >= 4 is 16.6 Å². The van der Waals surface area contributed by atoms with Crippen LogP contribution >= 0.6 is 0 Å². The normalized spacial score (nSPS) is 16.8. The summed E-state index contributed by atoms with van der Waals surface area (Å²) in [6.45, 7) is 10.5. The second-order valence-corrected chi connectivity index (χ2v) is 7.01. The van der Waals surface area contributed by atoms with E-state index in [2.05, 4.69) is 60.2 Å². The molecule has 0 aliphatic carbocycles. The van der Waals surface area contributed by atoms with Crippen LogP contribution in [0.2, 0.25) is 0 Å². The zero-order valence-corrected chi connectivity index (χ0v) is 15.1. The highest BCUT2D eigenvalue weighted by Crippen LogP contribution is 2.26. The molecular weight excluding hydrogens is 298 g/mol. The minimum absolute atomic E-state index is 0.327. The predicted octanol–water partition coefficient (Wildman–Crippen LogP) is 3.84. The monoisotopic (exact) mass is 327 g/mol. The van der Waals surface area contributed by atoms with E-state index in [1.807, 2.05) is 6.20 Å². The Morgan fingerprint density at radius 3 is 2.79 bits per heavy atom. The first-order chi connectivity index (χ1) is 11.6. The highest BCUT2D eigenvalue weighted by atomic mass is 16.5. The quantitative estimate of drug-likeness (QED) is 0.874. The molecule has 1 aromatic carbocycles. The van der Waals surface area contributed by atoms with Crippen molar-refractivity contribution in [3.8, 4) is 0 Å². The van der Waals surface area contributed by atoms with Crippen LogP contribution in [0.15, 0.2) is 30.5 Å². The first kappa shape index (κ1) is 17.2. The van der Waals surface area contributed by atoms with Crippen molar-refractivity contribution in [1.29, 1.82) is 0 Å². The van der Waals surface area contributed by atoms with Crippen LogP contribution in [0.25, 0.3) is 10.9 Å². The van der Waals surface area contributed by atoms with Crippen molar-refractivity contribution in [3.05, 3.63) is 36.0 Å². The average molecular weight is 327 g/mol. The lowest BCUT2D eigenvalue weighted by Gasteiger charge is -2.33. The lowest BCUT2D eigenvalue weighted by molar-refractivity contribution is 0.0543. The fourth-order valence-corrected chi connectivity index (χ4v) is 3.39. The second kappa shape index (κ2) is 7.95. The van der Waals surface area contributed by atoms with Gasteiger partial charge in [0, 0.05) is 42.9 Å². The lowest BCUT2D eigenvalue weighted by Crippen LogP contribution is -2.40. The Bertz CT molecular complexity index is 663. The molecule has 2 heterocycles. The Morgan fingerprint density at radius 2 is 2.04 bits per heavy atom. The van der Waals surface area contributed by atoms with Crippen LogP contribution in [0.4, 0.5) is 5.69 Å². The van der Waals surface area contributed by atoms with Crippen molar-refractivity contribution in [2.75, 3.05) is 31.6 Å². The summed E-state index contributed by atoms with van der Waals surface area (Å²) < 4.78 is 5.66. The van der Waals surface area contributed by atoms with Crippen molar-refractivity contribution in [2.45, 2.75) is 45.8 Å². The van der Waals surface area contributed by atoms with Crippen LogP contribution in [0, 0.1) is 6.92 Å². The standard InChI is InChI=1S/C20H29N3O/c1-15(2)24-14-13-23-11-8-17(9-12-23)22-19-7-10-21-20-16(3)5-4-6-18(19)20/h4-7,10,15,17H,8-9,11-14H2,1-3H3,(H,21,22). The molecule has 1 fully saturated rings. The van der Waals surface area contributed by atoms with Gasteiger partial charge in [-0.2, -0.15) is 0 Å². The molecule has 0 radical (unpaired) electrons. The van der Waals surface area contributed by atoms with E-state index in [1.54, 1.807) is 0 Å². The van der Waals surface area contributed by atoms with Gasteiger partial charge in [0.25, 0.3) is 0 Å². The van der Waals surface area contributed by atoms with Crippen LogP contribution in [-0.4, -0.2) is 48.3 Å². The molecule has 1 N–H and O–H groups in total. The van der Waals surface area contributed by atoms with Gasteiger partial charge in [-0.15, -0.1) is 0 Å². The van der Waals surface area contributed by atoms with Gasteiger partial charge in [0.15, 0.2) is 0 Å². The minimum atomic E-state index is 0.327. The zero-order valence-electron chi connectivity index (χ0n) is 15.1. The third-order valence-corrected chi connectivity index (χ3v) is 4.78. The summed E-state index contributed by atoms with van der Waals surface area (Å²) in [4.78, 5) is 7.04. The zero-order chi connectivity index (χ0) is 16.9. The summed E-state index contributed by atoms with van der Waals surface area (Å²) in [6, 6.07) is 9.04. The predicted molar refractivity (Wildman–Crippen MR) is 101 cm³/mol. The molecule has 1 aliphatic rings. The van der Waals surface area contributed by atoms with E-state index in [0.717, 1.165) is 31.8 Å². The first-order valence-electron chi connectivity index (χ1n) is 9.08. The molecule has 0 saturated carbocycles. The van der Waals surface area contributed by atoms with Gasteiger partial charge in [-0.05, 0) is 45.2 Å². The number of para-hydroxylation sites is 1. The van der Waals surface area contributed by atoms with E-state index < -0.39 is 0 Å². The van der Waals surface area contributed by atoms with Gasteiger partial charge in [0.05, 0.1) is 18.2 Å². The molecule has 0 unspecified atom stereocenters. The fourth-order valence-electron chi connectivity index (χ4n) is 3.39. The minimum Gasteiger partial charge on any atom is -0.382 e. The van der Waals surface area contributed by atoms with Crippen LogP contribution in [0.1, 0.15) is 32.3 Å². The van der Waals surface area contributed by atoms with Crippen molar-refractivity contribution in [1.82, 2.24) is 9.88 Å². The van der Waals surface area contributed by atoms with E-state index in [0.29, 0.717) is 12.1 Å². The summed E-state index contributed by atoms with van der Waals surface area (Å²) in [5, 5.41) is 4.98. The molecule has 0 bridgehead atoms. The van der Waals surface area contributed by atoms with E-state index in [-0.39, 0.29) is 0 Å². The van der Waals surface area contributed by atoms with Crippen LogP contribution in [-0.2, 0) is 4.74 Å². The molecule has 130 valence electrons. The number of nitrogens with zero attached hydrogens (tertiary/aromatic N) is 2. The van der Waals surface area contributed by atoms with Gasteiger partial charge in [0.1, 0.15) is 0 Å². The van der Waals surface area contributed by atoms with E-state index >= 15 is 0 Å². The number of piperidine rings is 1. The highest BCUT2D eigenvalue weighted by Gasteiger charge is 2.19. The molecule has 1 saturated heterocycles. The maximum absolute atomic E-state index is 5.66. The Kier molecular flexibility index (Phi) is 5.69. The maximum atomic E-state index is 5.66. The molecule has 1 aliphatic heterocycles. The van der Waals surface area contributed by atoms with Gasteiger partial charge < -0.3 is 15.0 Å². The van der Waals surface area contributed by atoms with Crippen molar-refractivity contribution in [2.24, 2.45) is 0 Å². The third kappa shape index (κ3) is 4.25. The molecule has 24 heavy (non-hydrogen) atoms. The van der Waals surface area contributed by atoms with Gasteiger partial charge in [-0.3, -0.25) is 4.98 Å². The van der Waals surface area contributed by atoms with E-state index in [9.17, 15) is 0 Å². The third-order valence-electron chi connectivity index (χ3n) is 4.78. The van der Waals surface area contributed by atoms with Crippen LogP contribution < -0.4 is 5.32 Å². The van der Waals surface area contributed by atoms with Gasteiger partial charge >= 0.3 is 0 Å². The largest absolute Gasteiger partial charge is 0.382 e. The molecule has 4 nitrogen and oxygen atoms in total. The first-order valence-corrected chi connectivity index (χ1v) is 9.08. The molecule has 0 atom stereocenters. The molecule has 3 rings (SSSR count). The number of likely N-dealkylation sites (tertiary alicyclic amines) is 1. The number of hydrogen-bond donors (Lipinski definition) is 1. The number of anilines is 1. The lowest BCUT2D eigenvalue weighted by atomic mass is 10.0. The summed E-state index contributed by atoms with van der Waals surface area (Å²) in [5.41, 5.74) is 3.55. The molecular formula is C20H29N3O. The number of rotatable bonds is 6. The summed E-state index contributed by atoms with van der Waals surface area (Å²) in [6.07, 6.45) is 4.60. The summed E-state index contributed by atoms with van der Waals surface area (Å²) >= 11 is 0. The number of hydrogen-bond acceptors (Lipinski definition) is 4. The molecule has 0 spiro atoms. The van der Waals surface area contributed by atoms with E-state index in [1.165, 1.54) is 29.5 Å². The molecule has 2 aromatic rings. The van der Waals surface area contributed by atoms with Gasteiger partial charge in [0.2, 0.25) is 0 Å². The Morgan fingerprint density at radius 1 is 1.25 bits per heavy atom. The SMILES string of the molecule is Cc1cccc2c(NC3CCN(CCOC(C)C)CC3)ccnc12. The average Bonchev–Trinajstić information content (AvgIpc) is 2.57. The number of aromatic nitrogens is 1. The Hall–Kier alpha value is -1.65. The number of nitrogens with one attached hydrogen (secondary N) is 1. The molecule has 4 heteroatoms. The molecule has 1 aromatic heterocycles. The number of aryl methyl sites for hydroxylation is 1. The topological polar surface area (TPSA) is 37.4 Å². The Balaban J connectivity index is 1.56. The number of benzene rings is 1. The smallest absolute Gasteiger partial charge is 0.0751 e. The number of ether oxygens (including phenoxy) is 1. The summed E-state index contributed by atoms with van der Waals surface area (Å²) in [5.74, 6) is 0. The Labute approximate surface area is 145 Å². The van der Waals surface area contributed by atoms with Crippen molar-refractivity contribution < 1.29 is 4.74 Å². The highest BCUT2D eigenvalue weighted by molar-refractivity contribution is 5.92. The van der Waals surface area contributed by atoms with Gasteiger partial charge in [-0.25, -0.2) is 0 Å². The fraction of sp³-hybridized carbons (Fsp3) is 0.550. The van der Waals surface area contributed by atoms with Crippen molar-refractivity contribution in [3.63, 3.8) is 0 Å². The number of pyridine rings is 1. The maximum Gasteiger partial charge on any atom is 0.0751 e. The molecule has 0 amide bonds.